The Hall–Kier alpha value is -2.75. The summed E-state index contributed by atoms with van der Waals surface area (Å²) in [6.07, 6.45) is 3.49. The van der Waals surface area contributed by atoms with Crippen LogP contribution in [0.3, 0.4) is 0 Å². The molecule has 0 saturated carbocycles. The first-order valence-electron chi connectivity index (χ1n) is 8.51. The largest absolute Gasteiger partial charge is 0.341 e. The minimum atomic E-state index is -1.31. The molecule has 1 aliphatic heterocycles. The van der Waals surface area contributed by atoms with Crippen molar-refractivity contribution in [1.82, 2.24) is 19.7 Å². The zero-order chi connectivity index (χ0) is 18.1. The highest BCUT2D eigenvalue weighted by Crippen LogP contribution is 2.22. The van der Waals surface area contributed by atoms with Gasteiger partial charge in [-0.25, -0.2) is 9.67 Å². The molecule has 7 nitrogen and oxygen atoms in total. The minimum absolute atomic E-state index is 0.148. The second-order valence-corrected chi connectivity index (χ2v) is 6.68. The van der Waals surface area contributed by atoms with Crippen molar-refractivity contribution < 1.29 is 9.59 Å². The number of carbonyl (C=O) groups is 2. The SMILES string of the molecule is Cc1nc2c(cnn2C(C)C)cc1C(=O)C(C#N)C(=O)N1CCCC1. The number of pyridine rings is 1. The summed E-state index contributed by atoms with van der Waals surface area (Å²) in [5.41, 5.74) is 1.52. The first-order valence-corrected chi connectivity index (χ1v) is 8.51. The van der Waals surface area contributed by atoms with Crippen LogP contribution >= 0.6 is 0 Å². The molecular formula is C18H21N5O2. The zero-order valence-corrected chi connectivity index (χ0v) is 14.7. The van der Waals surface area contributed by atoms with Gasteiger partial charge in [0.15, 0.2) is 17.3 Å². The molecular weight excluding hydrogens is 318 g/mol. The van der Waals surface area contributed by atoms with E-state index in [1.54, 1.807) is 28.8 Å². The smallest absolute Gasteiger partial charge is 0.247 e. The third-order valence-corrected chi connectivity index (χ3v) is 4.57. The number of likely N-dealkylation sites (tertiary alicyclic amines) is 1. The van der Waals surface area contributed by atoms with Gasteiger partial charge in [0.2, 0.25) is 5.91 Å². The molecule has 2 aromatic rings. The molecule has 0 aromatic carbocycles. The molecule has 0 N–H and O–H groups in total. The van der Waals surface area contributed by atoms with Gasteiger partial charge in [0.05, 0.1) is 18.0 Å². The molecule has 3 rings (SSSR count). The van der Waals surface area contributed by atoms with Crippen molar-refractivity contribution >= 4 is 22.7 Å². The Morgan fingerprint density at radius 1 is 1.28 bits per heavy atom. The predicted octanol–water partition coefficient (Wildman–Crippen LogP) is 2.27. The number of amides is 1. The summed E-state index contributed by atoms with van der Waals surface area (Å²) in [4.78, 5) is 31.4. The minimum Gasteiger partial charge on any atom is -0.341 e. The maximum Gasteiger partial charge on any atom is 0.247 e. The quantitative estimate of drug-likeness (QED) is 0.629. The Bertz CT molecular complexity index is 871. The van der Waals surface area contributed by atoms with Crippen molar-refractivity contribution in [3.05, 3.63) is 23.5 Å². The van der Waals surface area contributed by atoms with Crippen LogP contribution in [0.1, 0.15) is 48.8 Å². The predicted molar refractivity (Wildman–Crippen MR) is 91.9 cm³/mol. The van der Waals surface area contributed by atoms with Gasteiger partial charge in [-0.15, -0.1) is 0 Å². The number of rotatable bonds is 4. The van der Waals surface area contributed by atoms with E-state index in [0.717, 1.165) is 18.2 Å². The van der Waals surface area contributed by atoms with E-state index in [2.05, 4.69) is 10.1 Å². The van der Waals surface area contributed by atoms with E-state index in [1.807, 2.05) is 19.9 Å². The molecule has 0 radical (unpaired) electrons. The standard InChI is InChI=1S/C18H21N5O2/c1-11(2)23-17-13(10-20-23)8-14(12(3)21-17)16(24)15(9-19)18(25)22-6-4-5-7-22/h8,10-11,15H,4-7H2,1-3H3. The first-order chi connectivity index (χ1) is 11.9. The number of Topliss-reactive ketones (excluding diaryl/α,β-unsaturated/α-hetero) is 1. The van der Waals surface area contributed by atoms with Crippen LogP contribution in [0.15, 0.2) is 12.3 Å². The van der Waals surface area contributed by atoms with Crippen LogP contribution < -0.4 is 0 Å². The van der Waals surface area contributed by atoms with Gasteiger partial charge in [0.25, 0.3) is 0 Å². The van der Waals surface area contributed by atoms with Crippen molar-refractivity contribution in [2.24, 2.45) is 5.92 Å². The van der Waals surface area contributed by atoms with Crippen LogP contribution in [0.4, 0.5) is 0 Å². The van der Waals surface area contributed by atoms with Gasteiger partial charge in [-0.05, 0) is 39.7 Å². The van der Waals surface area contributed by atoms with Crippen LogP contribution in [0, 0.1) is 24.2 Å². The molecule has 1 amide bonds. The Balaban J connectivity index is 1.97. The fourth-order valence-electron chi connectivity index (χ4n) is 3.19. The molecule has 3 heterocycles. The molecule has 0 spiro atoms. The molecule has 2 aromatic heterocycles. The van der Waals surface area contributed by atoms with E-state index in [1.165, 1.54) is 0 Å². The number of hydrogen-bond donors (Lipinski definition) is 0. The Morgan fingerprint density at radius 2 is 1.96 bits per heavy atom. The van der Waals surface area contributed by atoms with Gasteiger partial charge in [0, 0.05) is 30.1 Å². The van der Waals surface area contributed by atoms with Crippen LogP contribution in [0.25, 0.3) is 11.0 Å². The Kier molecular flexibility index (Phi) is 4.53. The number of fused-ring (bicyclic) bond motifs is 1. The van der Waals surface area contributed by atoms with E-state index in [4.69, 9.17) is 0 Å². The summed E-state index contributed by atoms with van der Waals surface area (Å²) < 4.78 is 1.79. The van der Waals surface area contributed by atoms with Gasteiger partial charge < -0.3 is 4.90 Å². The molecule has 130 valence electrons. The lowest BCUT2D eigenvalue weighted by Gasteiger charge is -2.18. The second-order valence-electron chi connectivity index (χ2n) is 6.68. The average molecular weight is 339 g/mol. The Morgan fingerprint density at radius 3 is 2.56 bits per heavy atom. The third-order valence-electron chi connectivity index (χ3n) is 4.57. The number of nitrogens with zero attached hydrogens (tertiary/aromatic N) is 5. The van der Waals surface area contributed by atoms with Gasteiger partial charge in [-0.3, -0.25) is 9.59 Å². The number of aryl methyl sites for hydroxylation is 1. The van der Waals surface area contributed by atoms with E-state index in [0.29, 0.717) is 30.0 Å². The number of aromatic nitrogens is 3. The molecule has 1 aliphatic rings. The molecule has 1 fully saturated rings. The van der Waals surface area contributed by atoms with Crippen molar-refractivity contribution in [3.8, 4) is 6.07 Å². The van der Waals surface area contributed by atoms with Crippen LogP contribution in [0.2, 0.25) is 0 Å². The molecule has 7 heteroatoms. The number of nitriles is 1. The fourth-order valence-corrected chi connectivity index (χ4v) is 3.19. The van der Waals surface area contributed by atoms with Crippen LogP contribution in [0.5, 0.6) is 0 Å². The maximum absolute atomic E-state index is 12.8. The van der Waals surface area contributed by atoms with E-state index in [-0.39, 0.29) is 6.04 Å². The normalized spacial score (nSPS) is 15.6. The summed E-state index contributed by atoms with van der Waals surface area (Å²) in [5.74, 6) is -2.19. The molecule has 1 atom stereocenters. The van der Waals surface area contributed by atoms with Gasteiger partial charge >= 0.3 is 0 Å². The van der Waals surface area contributed by atoms with Gasteiger partial charge in [-0.1, -0.05) is 0 Å². The maximum atomic E-state index is 12.8. The highest BCUT2D eigenvalue weighted by Gasteiger charge is 2.33. The lowest BCUT2D eigenvalue weighted by molar-refractivity contribution is -0.131. The van der Waals surface area contributed by atoms with Gasteiger partial charge in [0.1, 0.15) is 0 Å². The molecule has 0 aliphatic carbocycles. The van der Waals surface area contributed by atoms with Crippen molar-refractivity contribution in [1.29, 1.82) is 5.26 Å². The monoisotopic (exact) mass is 339 g/mol. The number of hydrogen-bond acceptors (Lipinski definition) is 5. The third kappa shape index (κ3) is 3.00. The average Bonchev–Trinajstić information content (AvgIpc) is 3.23. The molecule has 0 bridgehead atoms. The highest BCUT2D eigenvalue weighted by molar-refractivity contribution is 6.13. The lowest BCUT2D eigenvalue weighted by atomic mass is 9.96. The number of ketones is 1. The number of carbonyl (C=O) groups excluding carboxylic acids is 2. The molecule has 1 unspecified atom stereocenters. The summed E-state index contributed by atoms with van der Waals surface area (Å²) >= 11 is 0. The van der Waals surface area contributed by atoms with Crippen molar-refractivity contribution in [2.45, 2.75) is 39.7 Å². The zero-order valence-electron chi connectivity index (χ0n) is 14.7. The lowest BCUT2D eigenvalue weighted by Crippen LogP contribution is -2.37. The summed E-state index contributed by atoms with van der Waals surface area (Å²) in [6, 6.07) is 3.72. The first kappa shape index (κ1) is 17.1. The highest BCUT2D eigenvalue weighted by atomic mass is 16.2. The van der Waals surface area contributed by atoms with Crippen molar-refractivity contribution in [2.75, 3.05) is 13.1 Å². The van der Waals surface area contributed by atoms with E-state index in [9.17, 15) is 14.9 Å². The fraction of sp³-hybridized carbons (Fsp3) is 0.500. The molecule has 1 saturated heterocycles. The summed E-state index contributed by atoms with van der Waals surface area (Å²) in [7, 11) is 0. The van der Waals surface area contributed by atoms with E-state index >= 15 is 0 Å². The topological polar surface area (TPSA) is 91.9 Å². The summed E-state index contributed by atoms with van der Waals surface area (Å²) in [6.45, 7) is 6.95. The second kappa shape index (κ2) is 6.63. The van der Waals surface area contributed by atoms with Crippen LogP contribution in [-0.4, -0.2) is 44.4 Å². The van der Waals surface area contributed by atoms with Crippen molar-refractivity contribution in [3.63, 3.8) is 0 Å². The summed E-state index contributed by atoms with van der Waals surface area (Å²) in [5, 5.41) is 14.4. The molecule has 25 heavy (non-hydrogen) atoms. The Labute approximate surface area is 146 Å². The van der Waals surface area contributed by atoms with Gasteiger partial charge in [-0.2, -0.15) is 10.4 Å². The van der Waals surface area contributed by atoms with E-state index < -0.39 is 17.6 Å². The van der Waals surface area contributed by atoms with Crippen LogP contribution in [-0.2, 0) is 4.79 Å².